The van der Waals surface area contributed by atoms with E-state index in [1.54, 1.807) is 0 Å². The van der Waals surface area contributed by atoms with E-state index in [1.165, 1.54) is 231 Å². The van der Waals surface area contributed by atoms with Crippen LogP contribution in [0.2, 0.25) is 0 Å². The van der Waals surface area contributed by atoms with Gasteiger partial charge in [0.25, 0.3) is 0 Å². The second-order valence-corrected chi connectivity index (χ2v) is 23.8. The molecule has 0 bridgehead atoms. The van der Waals surface area contributed by atoms with Crippen molar-refractivity contribution < 1.29 is 37.6 Å². The molecule has 10 heteroatoms. The predicted octanol–water partition coefficient (Wildman–Crippen LogP) is 21.3. The van der Waals surface area contributed by atoms with Crippen molar-refractivity contribution in [1.82, 2.24) is 0 Å². The Labute approximate surface area is 477 Å². The molecule has 0 rings (SSSR count). The Hall–Kier alpha value is -2.03. The normalized spacial score (nSPS) is 13.2. The Morgan fingerprint density at radius 3 is 1.06 bits per heavy atom. The highest BCUT2D eigenvalue weighted by Crippen LogP contribution is 2.43. The number of esters is 2. The zero-order valence-electron chi connectivity index (χ0n) is 50.7. The third kappa shape index (κ3) is 63.0. The highest BCUT2D eigenvalue weighted by molar-refractivity contribution is 7.47. The molecule has 9 nitrogen and oxygen atoms in total. The molecule has 0 aromatic carbocycles. The fourth-order valence-electron chi connectivity index (χ4n) is 9.87. The Kier molecular flexibility index (Phi) is 61.5. The van der Waals surface area contributed by atoms with Gasteiger partial charge in [-0.25, -0.2) is 4.57 Å². The van der Waals surface area contributed by atoms with Gasteiger partial charge < -0.3 is 20.1 Å². The number of rotatable bonds is 63. The molecule has 2 unspecified atom stereocenters. The largest absolute Gasteiger partial charge is 0.472 e. The van der Waals surface area contributed by atoms with Gasteiger partial charge in [0.2, 0.25) is 0 Å². The minimum atomic E-state index is -4.39. The Balaban J connectivity index is 3.83. The first-order valence-electron chi connectivity index (χ1n) is 33.1. The standard InChI is InChI=1S/C67H126NO8P/c1-3-5-7-9-11-13-15-17-19-21-23-25-27-28-29-30-31-32-33-34-35-36-38-39-41-43-45-47-49-51-53-55-57-59-66(69)73-63-65(64-75-77(71,72)74-62-61-68)76-67(70)60-58-56-54-52-50-48-46-44-42-40-37-26-24-22-20-18-16-14-12-10-8-6-4-2/h6,8,12,14,18,20,24,26,65H,3-5,7,9-11,13,15-17,19,21-23,25,27-64,68H2,1-2H3,(H,71,72)/b8-6-,14-12-,20-18-,26-24-. The van der Waals surface area contributed by atoms with Crippen molar-refractivity contribution >= 4 is 19.8 Å². The molecule has 0 radical (unpaired) electrons. The molecule has 0 aliphatic rings. The van der Waals surface area contributed by atoms with Gasteiger partial charge in [0.15, 0.2) is 6.10 Å². The van der Waals surface area contributed by atoms with Crippen LogP contribution in [0, 0.1) is 0 Å². The highest BCUT2D eigenvalue weighted by atomic mass is 31.2. The number of phosphoric ester groups is 1. The summed E-state index contributed by atoms with van der Waals surface area (Å²) in [6.45, 7) is 3.68. The summed E-state index contributed by atoms with van der Waals surface area (Å²) >= 11 is 0. The van der Waals surface area contributed by atoms with Crippen LogP contribution in [0.3, 0.4) is 0 Å². The van der Waals surface area contributed by atoms with Crippen LogP contribution in [-0.2, 0) is 32.7 Å². The summed E-state index contributed by atoms with van der Waals surface area (Å²) in [5.41, 5.74) is 5.39. The minimum absolute atomic E-state index is 0.0530. The second-order valence-electron chi connectivity index (χ2n) is 22.3. The summed E-state index contributed by atoms with van der Waals surface area (Å²) in [7, 11) is -4.39. The van der Waals surface area contributed by atoms with E-state index in [4.69, 9.17) is 24.3 Å². The van der Waals surface area contributed by atoms with Gasteiger partial charge in [0, 0.05) is 19.4 Å². The van der Waals surface area contributed by atoms with Gasteiger partial charge in [-0.3, -0.25) is 18.6 Å². The topological polar surface area (TPSA) is 134 Å². The number of carbonyl (C=O) groups is 2. The van der Waals surface area contributed by atoms with E-state index in [0.717, 1.165) is 70.6 Å². The van der Waals surface area contributed by atoms with Gasteiger partial charge in [-0.1, -0.05) is 319 Å². The second kappa shape index (κ2) is 63.2. The van der Waals surface area contributed by atoms with E-state index in [-0.39, 0.29) is 38.6 Å². The number of unbranched alkanes of at least 4 members (excludes halogenated alkanes) is 42. The molecule has 0 heterocycles. The molecule has 0 spiro atoms. The molecular formula is C67H126NO8P. The average Bonchev–Trinajstić information content (AvgIpc) is 3.42. The first-order chi connectivity index (χ1) is 37.8. The number of allylic oxidation sites excluding steroid dienone is 8. The van der Waals surface area contributed by atoms with Crippen LogP contribution >= 0.6 is 7.82 Å². The summed E-state index contributed by atoms with van der Waals surface area (Å²) in [5, 5.41) is 0. The fraction of sp³-hybridized carbons (Fsp3) is 0.851. The number of carbonyl (C=O) groups excluding carboxylic acids is 2. The van der Waals surface area contributed by atoms with Crippen molar-refractivity contribution in [2.45, 2.75) is 341 Å². The van der Waals surface area contributed by atoms with Gasteiger partial charge in [-0.15, -0.1) is 0 Å². The van der Waals surface area contributed by atoms with Crippen molar-refractivity contribution in [3.8, 4) is 0 Å². The lowest BCUT2D eigenvalue weighted by Crippen LogP contribution is -2.29. The van der Waals surface area contributed by atoms with Crippen LogP contribution in [0.15, 0.2) is 48.6 Å². The van der Waals surface area contributed by atoms with Crippen molar-refractivity contribution in [3.63, 3.8) is 0 Å². The summed E-state index contributed by atoms with van der Waals surface area (Å²) in [6.07, 6.45) is 79.2. The van der Waals surface area contributed by atoms with E-state index in [1.807, 2.05) is 0 Å². The van der Waals surface area contributed by atoms with E-state index in [0.29, 0.717) is 6.42 Å². The van der Waals surface area contributed by atoms with Gasteiger partial charge in [-0.2, -0.15) is 0 Å². The lowest BCUT2D eigenvalue weighted by atomic mass is 10.0. The van der Waals surface area contributed by atoms with Crippen LogP contribution in [0.4, 0.5) is 0 Å². The van der Waals surface area contributed by atoms with Gasteiger partial charge in [0.05, 0.1) is 13.2 Å². The van der Waals surface area contributed by atoms with Crippen molar-refractivity contribution in [2.24, 2.45) is 5.73 Å². The molecule has 0 aromatic heterocycles. The van der Waals surface area contributed by atoms with E-state index in [9.17, 15) is 19.0 Å². The number of ether oxygens (including phenoxy) is 2. The molecule has 0 aliphatic carbocycles. The maximum Gasteiger partial charge on any atom is 0.472 e. The third-order valence-electron chi connectivity index (χ3n) is 14.7. The molecule has 0 amide bonds. The Bertz CT molecular complexity index is 1400. The maximum atomic E-state index is 12.7. The van der Waals surface area contributed by atoms with E-state index >= 15 is 0 Å². The number of nitrogens with two attached hydrogens (primary N) is 1. The zero-order chi connectivity index (χ0) is 55.9. The summed E-state index contributed by atoms with van der Waals surface area (Å²) < 4.78 is 33.1. The number of hydrogen-bond donors (Lipinski definition) is 2. The van der Waals surface area contributed by atoms with Crippen molar-refractivity contribution in [1.29, 1.82) is 0 Å². The molecule has 452 valence electrons. The van der Waals surface area contributed by atoms with Crippen LogP contribution in [0.25, 0.3) is 0 Å². The smallest absolute Gasteiger partial charge is 0.462 e. The van der Waals surface area contributed by atoms with Gasteiger partial charge >= 0.3 is 19.8 Å². The summed E-state index contributed by atoms with van der Waals surface area (Å²) in [6, 6.07) is 0. The first kappa shape index (κ1) is 75.0. The Morgan fingerprint density at radius 2 is 0.714 bits per heavy atom. The maximum absolute atomic E-state index is 12.7. The zero-order valence-corrected chi connectivity index (χ0v) is 51.6. The fourth-order valence-corrected chi connectivity index (χ4v) is 10.6. The molecule has 0 aliphatic heterocycles. The van der Waals surface area contributed by atoms with Gasteiger partial charge in [-0.05, 0) is 51.4 Å². The third-order valence-corrected chi connectivity index (χ3v) is 15.7. The lowest BCUT2D eigenvalue weighted by molar-refractivity contribution is -0.161. The summed E-state index contributed by atoms with van der Waals surface area (Å²) in [4.78, 5) is 35.3. The molecule has 3 N–H and O–H groups in total. The van der Waals surface area contributed by atoms with Gasteiger partial charge in [0.1, 0.15) is 6.61 Å². The van der Waals surface area contributed by atoms with Crippen molar-refractivity contribution in [2.75, 3.05) is 26.4 Å². The lowest BCUT2D eigenvalue weighted by Gasteiger charge is -2.19. The molecule has 77 heavy (non-hydrogen) atoms. The molecule has 0 fully saturated rings. The Morgan fingerprint density at radius 1 is 0.403 bits per heavy atom. The minimum Gasteiger partial charge on any atom is -0.462 e. The van der Waals surface area contributed by atoms with E-state index < -0.39 is 26.5 Å². The monoisotopic (exact) mass is 1100 g/mol. The average molecular weight is 1100 g/mol. The molecule has 2 atom stereocenters. The SMILES string of the molecule is CC/C=C\C/C=C\C/C=C\C/C=C\CCCCCCCCCCCCC(=O)OC(COC(=O)CCCCCCCCCCCCCCCCCCCCCCCCCCCCCCCCCCC)COP(=O)(O)OCCN. The summed E-state index contributed by atoms with van der Waals surface area (Å²) in [5.74, 6) is -0.817. The van der Waals surface area contributed by atoms with Crippen LogP contribution in [0.5, 0.6) is 0 Å². The molecule has 0 saturated carbocycles. The molecule has 0 saturated heterocycles. The predicted molar refractivity (Wildman–Crippen MR) is 330 cm³/mol. The quantitative estimate of drug-likeness (QED) is 0.0264. The van der Waals surface area contributed by atoms with E-state index in [2.05, 4.69) is 62.5 Å². The van der Waals surface area contributed by atoms with Crippen LogP contribution < -0.4 is 5.73 Å². The van der Waals surface area contributed by atoms with Crippen LogP contribution in [-0.4, -0.2) is 49.3 Å². The molecule has 0 aromatic rings. The van der Waals surface area contributed by atoms with Crippen LogP contribution in [0.1, 0.15) is 335 Å². The number of hydrogen-bond acceptors (Lipinski definition) is 8. The highest BCUT2D eigenvalue weighted by Gasteiger charge is 2.26. The first-order valence-corrected chi connectivity index (χ1v) is 34.6. The molecular weight excluding hydrogens is 978 g/mol. The van der Waals surface area contributed by atoms with Crippen molar-refractivity contribution in [3.05, 3.63) is 48.6 Å². The number of phosphoric acid groups is 1.